The predicted octanol–water partition coefficient (Wildman–Crippen LogP) is 1.57. The molecule has 26 heavy (non-hydrogen) atoms. The largest absolute Gasteiger partial charge is 0.263 e. The highest BCUT2D eigenvalue weighted by Gasteiger charge is 2.34. The molecule has 140 valence electrons. The zero-order valence-electron chi connectivity index (χ0n) is 13.4. The van der Waals surface area contributed by atoms with Crippen LogP contribution in [0.3, 0.4) is 0 Å². The van der Waals surface area contributed by atoms with Crippen LogP contribution in [0.1, 0.15) is 0 Å². The van der Waals surface area contributed by atoms with Crippen molar-refractivity contribution in [3.63, 3.8) is 0 Å². The number of piperazine rings is 1. The molecule has 0 aliphatic carbocycles. The molecule has 1 aromatic carbocycles. The molecule has 0 atom stereocenters. The molecule has 0 spiro atoms. The second-order valence-corrected chi connectivity index (χ2v) is 9.82. The summed E-state index contributed by atoms with van der Waals surface area (Å²) in [5, 5.41) is -0.213. The Morgan fingerprint density at radius 3 is 2.12 bits per heavy atom. The molecule has 0 N–H and O–H groups in total. The average Bonchev–Trinajstić information content (AvgIpc) is 2.62. The number of sulfonamides is 2. The number of hydrogen-bond donors (Lipinski definition) is 0. The van der Waals surface area contributed by atoms with E-state index in [9.17, 15) is 21.2 Å². The van der Waals surface area contributed by atoms with Crippen molar-refractivity contribution in [2.45, 2.75) is 9.79 Å². The van der Waals surface area contributed by atoms with Crippen LogP contribution in [0, 0.1) is 5.82 Å². The normalized spacial score (nSPS) is 17.3. The molecule has 2 heterocycles. The molecule has 1 aliphatic rings. The molecule has 0 amide bonds. The summed E-state index contributed by atoms with van der Waals surface area (Å²) >= 11 is 5.86. The number of aromatic nitrogens is 1. The molecule has 1 aliphatic heterocycles. The first kappa shape index (κ1) is 19.2. The van der Waals surface area contributed by atoms with E-state index in [4.69, 9.17) is 11.6 Å². The van der Waals surface area contributed by atoms with Gasteiger partial charge in [-0.3, -0.25) is 4.98 Å². The van der Waals surface area contributed by atoms with Crippen LogP contribution in [-0.4, -0.2) is 56.6 Å². The summed E-state index contributed by atoms with van der Waals surface area (Å²) in [4.78, 5) is 3.65. The first-order valence-electron chi connectivity index (χ1n) is 7.58. The van der Waals surface area contributed by atoms with Gasteiger partial charge in [-0.25, -0.2) is 21.2 Å². The summed E-state index contributed by atoms with van der Waals surface area (Å²) in [5.41, 5.74) is 0. The summed E-state index contributed by atoms with van der Waals surface area (Å²) in [7, 11) is -7.68. The molecular weight excluding hydrogens is 405 g/mol. The van der Waals surface area contributed by atoms with Crippen molar-refractivity contribution < 1.29 is 21.2 Å². The highest BCUT2D eigenvalue weighted by molar-refractivity contribution is 7.89. The van der Waals surface area contributed by atoms with Gasteiger partial charge in [0.05, 0.1) is 5.02 Å². The fourth-order valence-electron chi connectivity index (χ4n) is 2.62. The Bertz CT molecular complexity index is 1010. The van der Waals surface area contributed by atoms with Crippen LogP contribution in [0.25, 0.3) is 0 Å². The number of nitrogens with zero attached hydrogens (tertiary/aromatic N) is 3. The lowest BCUT2D eigenvalue weighted by Gasteiger charge is -2.33. The fourth-order valence-corrected chi connectivity index (χ4v) is 5.94. The lowest BCUT2D eigenvalue weighted by Crippen LogP contribution is -2.50. The molecule has 1 aromatic heterocycles. The van der Waals surface area contributed by atoms with Gasteiger partial charge in [0.1, 0.15) is 15.6 Å². The summed E-state index contributed by atoms with van der Waals surface area (Å²) in [5.74, 6) is -0.638. The predicted molar refractivity (Wildman–Crippen MR) is 93.2 cm³/mol. The second kappa shape index (κ2) is 7.20. The lowest BCUT2D eigenvalue weighted by atomic mass is 10.3. The van der Waals surface area contributed by atoms with Crippen molar-refractivity contribution >= 4 is 31.6 Å². The van der Waals surface area contributed by atoms with Crippen LogP contribution in [-0.2, 0) is 20.0 Å². The van der Waals surface area contributed by atoms with E-state index in [1.54, 1.807) is 0 Å². The standard InChI is InChI=1S/C15H15ClFN3O4S2/c16-14-10-12(17)3-4-15(14)26(23,24)20-8-6-19(7-9-20)25(21,22)13-2-1-5-18-11-13/h1-5,10-11H,6-9H2. The maximum absolute atomic E-state index is 13.2. The van der Waals surface area contributed by atoms with Crippen LogP contribution in [0.15, 0.2) is 52.5 Å². The van der Waals surface area contributed by atoms with Gasteiger partial charge in [0.15, 0.2) is 0 Å². The summed E-state index contributed by atoms with van der Waals surface area (Å²) in [6.07, 6.45) is 2.71. The Morgan fingerprint density at radius 1 is 0.962 bits per heavy atom. The Kier molecular flexibility index (Phi) is 5.31. The van der Waals surface area contributed by atoms with Gasteiger partial charge in [-0.2, -0.15) is 8.61 Å². The van der Waals surface area contributed by atoms with Gasteiger partial charge in [-0.05, 0) is 30.3 Å². The average molecular weight is 420 g/mol. The molecule has 1 saturated heterocycles. The van der Waals surface area contributed by atoms with Crippen molar-refractivity contribution in [1.82, 2.24) is 13.6 Å². The Labute approximate surface area is 156 Å². The van der Waals surface area contributed by atoms with Crippen molar-refractivity contribution in [3.05, 3.63) is 53.6 Å². The number of halogens is 2. The van der Waals surface area contributed by atoms with E-state index in [0.29, 0.717) is 0 Å². The third kappa shape index (κ3) is 3.60. The molecule has 3 rings (SSSR count). The van der Waals surface area contributed by atoms with Gasteiger partial charge in [-0.1, -0.05) is 11.6 Å². The number of hydrogen-bond acceptors (Lipinski definition) is 5. The third-order valence-corrected chi connectivity index (χ3v) is 8.25. The van der Waals surface area contributed by atoms with E-state index in [1.807, 2.05) is 0 Å². The quantitative estimate of drug-likeness (QED) is 0.750. The highest BCUT2D eigenvalue weighted by Crippen LogP contribution is 2.27. The van der Waals surface area contributed by atoms with E-state index in [1.165, 1.54) is 28.8 Å². The highest BCUT2D eigenvalue weighted by atomic mass is 35.5. The van der Waals surface area contributed by atoms with Gasteiger partial charge in [-0.15, -0.1) is 0 Å². The third-order valence-electron chi connectivity index (χ3n) is 3.98. The first-order valence-corrected chi connectivity index (χ1v) is 10.8. The molecule has 0 unspecified atom stereocenters. The summed E-state index contributed by atoms with van der Waals surface area (Å²) in [6.45, 7) is -0.0738. The van der Waals surface area contributed by atoms with Crippen molar-refractivity contribution in [2.24, 2.45) is 0 Å². The first-order chi connectivity index (χ1) is 12.2. The lowest BCUT2D eigenvalue weighted by molar-refractivity contribution is 0.272. The minimum Gasteiger partial charge on any atom is -0.263 e. The topological polar surface area (TPSA) is 87.7 Å². The fraction of sp³-hybridized carbons (Fsp3) is 0.267. The Morgan fingerprint density at radius 2 is 1.58 bits per heavy atom. The van der Waals surface area contributed by atoms with Gasteiger partial charge >= 0.3 is 0 Å². The monoisotopic (exact) mass is 419 g/mol. The summed E-state index contributed by atoms with van der Waals surface area (Å²) in [6, 6.07) is 6.00. The molecule has 0 saturated carbocycles. The van der Waals surface area contributed by atoms with E-state index in [-0.39, 0.29) is 41.0 Å². The van der Waals surface area contributed by atoms with Crippen LogP contribution in [0.5, 0.6) is 0 Å². The van der Waals surface area contributed by atoms with Crippen LogP contribution < -0.4 is 0 Å². The van der Waals surface area contributed by atoms with Crippen molar-refractivity contribution in [3.8, 4) is 0 Å². The van der Waals surface area contributed by atoms with Crippen molar-refractivity contribution in [1.29, 1.82) is 0 Å². The van der Waals surface area contributed by atoms with E-state index in [2.05, 4.69) is 4.98 Å². The maximum Gasteiger partial charge on any atom is 0.244 e. The number of benzene rings is 1. The van der Waals surface area contributed by atoms with Gasteiger partial charge in [0.2, 0.25) is 20.0 Å². The smallest absolute Gasteiger partial charge is 0.244 e. The second-order valence-electron chi connectivity index (χ2n) is 5.57. The molecule has 0 bridgehead atoms. The van der Waals surface area contributed by atoms with Crippen LogP contribution >= 0.6 is 11.6 Å². The minimum absolute atomic E-state index is 0.00469. The molecule has 2 aromatic rings. The number of pyridine rings is 1. The van der Waals surface area contributed by atoms with E-state index in [0.717, 1.165) is 22.5 Å². The Hall–Kier alpha value is -1.59. The van der Waals surface area contributed by atoms with Gasteiger partial charge < -0.3 is 0 Å². The Balaban J connectivity index is 1.78. The van der Waals surface area contributed by atoms with Gasteiger partial charge in [0.25, 0.3) is 0 Å². The van der Waals surface area contributed by atoms with Crippen LogP contribution in [0.2, 0.25) is 5.02 Å². The van der Waals surface area contributed by atoms with E-state index < -0.39 is 25.9 Å². The van der Waals surface area contributed by atoms with Crippen molar-refractivity contribution in [2.75, 3.05) is 26.2 Å². The zero-order valence-corrected chi connectivity index (χ0v) is 15.8. The maximum atomic E-state index is 13.2. The SMILES string of the molecule is O=S(=O)(c1cccnc1)N1CCN(S(=O)(=O)c2ccc(F)cc2Cl)CC1. The zero-order chi connectivity index (χ0) is 18.9. The van der Waals surface area contributed by atoms with Gasteiger partial charge in [0, 0.05) is 38.6 Å². The molecule has 11 heteroatoms. The number of rotatable bonds is 4. The van der Waals surface area contributed by atoms with E-state index >= 15 is 0 Å². The molecule has 0 radical (unpaired) electrons. The molecular formula is C15H15ClFN3O4S2. The summed E-state index contributed by atoms with van der Waals surface area (Å²) < 4.78 is 66.0. The molecule has 7 nitrogen and oxygen atoms in total. The minimum atomic E-state index is -3.94. The van der Waals surface area contributed by atoms with Crippen LogP contribution in [0.4, 0.5) is 4.39 Å². The molecule has 1 fully saturated rings.